The van der Waals surface area contributed by atoms with Gasteiger partial charge in [0.2, 0.25) is 5.95 Å². The van der Waals surface area contributed by atoms with E-state index in [0.717, 1.165) is 27.5 Å². The Bertz CT molecular complexity index is 5770. The van der Waals surface area contributed by atoms with Gasteiger partial charge in [-0.3, -0.25) is 39.3 Å². The summed E-state index contributed by atoms with van der Waals surface area (Å²) in [5, 5.41) is 0. The molecule has 3 aromatic heterocycles. The van der Waals surface area contributed by atoms with Gasteiger partial charge in [-0.05, 0) is 191 Å². The monoisotopic (exact) mass is 2550 g/mol. The predicted octanol–water partition coefficient (Wildman–Crippen LogP) is 13.8. The number of hydrogen-bond donors (Lipinski definition) is 6. The molecule has 0 fully saturated rings. The summed E-state index contributed by atoms with van der Waals surface area (Å²) in [5.41, 5.74) is 10.4. The number of rotatable bonds is 9. The van der Waals surface area contributed by atoms with Crippen LogP contribution in [0.5, 0.6) is 0 Å². The van der Waals surface area contributed by atoms with E-state index in [1.165, 1.54) is 117 Å². The molecule has 724 valence electrons. The number of aromatic nitrogens is 6. The van der Waals surface area contributed by atoms with Crippen LogP contribution in [0.15, 0.2) is 386 Å². The maximum Gasteiger partial charge on any atom is 1.00 e. The molecule has 0 aliphatic heterocycles. The van der Waals surface area contributed by atoms with Crippen LogP contribution in [0.4, 0.5) is 4.39 Å². The van der Waals surface area contributed by atoms with Crippen molar-refractivity contribution in [3.8, 4) is 0 Å². The molecule has 0 amide bonds. The minimum absolute atomic E-state index is 0. The molecule has 3 heterocycles. The van der Waals surface area contributed by atoms with Crippen LogP contribution in [0.1, 0.15) is 88.9 Å². The zero-order valence-electron chi connectivity index (χ0n) is 78.9. The van der Waals surface area contributed by atoms with Crippen LogP contribution >= 0.6 is 109 Å². The van der Waals surface area contributed by atoms with E-state index in [1.807, 2.05) is 215 Å². The first kappa shape index (κ1) is 128. The molecule has 0 saturated carbocycles. The van der Waals surface area contributed by atoms with Gasteiger partial charge in [0, 0.05) is 23.0 Å². The fourth-order valence-corrected chi connectivity index (χ4v) is 17.9. The van der Waals surface area contributed by atoms with Crippen LogP contribution in [0.3, 0.4) is 0 Å². The van der Waals surface area contributed by atoms with Crippen molar-refractivity contribution in [1.29, 1.82) is 0 Å². The summed E-state index contributed by atoms with van der Waals surface area (Å²) in [7, 11) is -4.27. The minimum Gasteiger partial charge on any atom is -1.00 e. The quantitative estimate of drug-likeness (QED) is 0.0257. The molecule has 0 aliphatic rings. The van der Waals surface area contributed by atoms with Crippen molar-refractivity contribution in [2.24, 2.45) is 0 Å². The second-order valence-corrected chi connectivity index (χ2v) is 42.6. The topological polar surface area (TPSA) is 360 Å². The molecule has 0 radical (unpaired) electrons. The molecule has 0 bridgehead atoms. The third kappa shape index (κ3) is 69.7. The van der Waals surface area contributed by atoms with Crippen molar-refractivity contribution in [3.63, 3.8) is 0 Å². The van der Waals surface area contributed by atoms with Crippen LogP contribution in [-0.2, 0) is 41.6 Å². The summed E-state index contributed by atoms with van der Waals surface area (Å²) in [5.74, 6) is -2.62. The summed E-state index contributed by atoms with van der Waals surface area (Å²) in [6.45, 7) is 27.6. The van der Waals surface area contributed by atoms with Crippen LogP contribution in [-0.4, -0.2) is 66.8 Å². The van der Waals surface area contributed by atoms with Crippen molar-refractivity contribution >= 4 is 143 Å². The van der Waals surface area contributed by atoms with Crippen LogP contribution in [0, 0.1) is 115 Å². The molecule has 23 nitrogen and oxygen atoms in total. The molecule has 0 saturated heterocycles. The van der Waals surface area contributed by atoms with Gasteiger partial charge in [-0.1, -0.05) is 268 Å². The smallest absolute Gasteiger partial charge is 1.00 e. The van der Waals surface area contributed by atoms with E-state index in [-0.39, 0.29) is 47.0 Å². The Balaban J connectivity index is 0. The second-order valence-electron chi connectivity index (χ2n) is 27.8. The van der Waals surface area contributed by atoms with E-state index in [2.05, 4.69) is 253 Å². The summed E-state index contributed by atoms with van der Waals surface area (Å²) >= 11 is 1.16. The molecule has 6 N–H and O–H groups in total. The van der Waals surface area contributed by atoms with E-state index in [9.17, 15) is 65.3 Å². The zero-order chi connectivity index (χ0) is 99.8. The molecule has 33 heteroatoms. The fourth-order valence-electron chi connectivity index (χ4n) is 8.78. The maximum absolute atomic E-state index is 12.0. The Labute approximate surface area is 879 Å². The van der Waals surface area contributed by atoms with Crippen molar-refractivity contribution in [1.82, 2.24) is 29.9 Å². The largest absolute Gasteiger partial charge is 1.00 e. The molecule has 12 aromatic carbocycles. The normalized spacial score (nSPS) is 9.49. The Morgan fingerprint density at radius 1 is 0.321 bits per heavy atom. The molecule has 0 atom stereocenters. The number of hydrogen-bond acceptors (Lipinski definition) is 17. The Morgan fingerprint density at radius 2 is 0.555 bits per heavy atom. The summed E-state index contributed by atoms with van der Waals surface area (Å²) < 4.78 is 70.7. The summed E-state index contributed by atoms with van der Waals surface area (Å²) in [6, 6.07) is 111. The first-order valence-corrected chi connectivity index (χ1v) is 52.9. The number of carbonyl (C=O) groups is 4. The number of nitrogens with one attached hydrogen (secondary N) is 6. The van der Waals surface area contributed by atoms with Gasteiger partial charge >= 0.3 is 262 Å². The number of aromatic amines is 6. The van der Waals surface area contributed by atoms with Crippen LogP contribution in [0.25, 0.3) is 0 Å². The molecule has 15 rings (SSSR count). The average Bonchev–Trinajstić information content (AvgIpc) is 0.853. The zero-order valence-corrected chi connectivity index (χ0v) is 92.6. The minimum atomic E-state index is -4.27. The van der Waals surface area contributed by atoms with Gasteiger partial charge in [0.25, 0.3) is 20.4 Å². The molecule has 137 heavy (non-hydrogen) atoms. The first-order valence-electron chi connectivity index (χ1n) is 40.4. The van der Waals surface area contributed by atoms with Crippen LogP contribution < -0.4 is 78.5 Å². The number of carbonyl (C=O) groups excluding carboxylic acids is 4. The van der Waals surface area contributed by atoms with E-state index < -0.39 is 125 Å². The van der Waals surface area contributed by atoms with Gasteiger partial charge in [0.05, 0.1) is 17.0 Å². The standard InChI is InChI=1S/C11H9IN2O2.2C11H13IO4.C7H7I.C7H8O3S.6C7H8.C6H4I2.C4H3FN2O2.C4H4N2O2.CH3.FH.Li/c1-7-2-4-8(5-3-7)12-9-6-10(15)14-11(16)13-9;2*1-8-4-6-11(7-5-8)12(15-9(2)13)16-10(3)14;1-6-2-4-7(8)5-3-6;1-6-2-4-7(5-3-6)11(8,9)10;6*1-7-5-3-2-4-6-7;7-5-1-2-6(8)4-3-5;5-2-1-3(8)7-4(9)6-2;7-3-1-2-5-4(8)6-3;;;/h2-6H,1H3,(H-,13,14,15,16);2*4-7H,1-3H3;2-5H,1H3;2-5H,1H3,(H,8,9,10);6*2-6H,1H3;1-4H;1H,(H2,6,7,8,9);1-2H,(H2,5,6,7,8);1H3;1H;/q;;;;;;;;;;;;;;-1;;+1/p-1/i;;;;;;;;;;;;5-1;;;1-1;. The predicted molar refractivity (Wildman–Crippen MR) is 575 cm³/mol. The average molecular weight is 2550 g/mol. The van der Waals surface area contributed by atoms with E-state index in [4.69, 9.17) is 12.3 Å². The van der Waals surface area contributed by atoms with Crippen molar-refractivity contribution < 1.29 is 93.6 Å². The second kappa shape index (κ2) is 75.3. The van der Waals surface area contributed by atoms with Crippen LogP contribution in [0.2, 0.25) is 0 Å². The molecule has 0 aliphatic carbocycles. The van der Waals surface area contributed by atoms with E-state index in [1.54, 1.807) is 22.1 Å². The fraction of sp³-hybridized carbons (Fsp3) is 0.144. The molecule has 15 aromatic rings. The Kier molecular flexibility index (Phi) is 70.6. The van der Waals surface area contributed by atoms with Gasteiger partial charge in [-0.25, -0.2) is 22.8 Å². The van der Waals surface area contributed by atoms with E-state index >= 15 is 0 Å². The first-order chi connectivity index (χ1) is 63.5. The summed E-state index contributed by atoms with van der Waals surface area (Å²) in [4.78, 5) is 119. The van der Waals surface area contributed by atoms with Gasteiger partial charge in [-0.2, -0.15) is 4.39 Å². The SMILES string of the molecule is CC(=O)OI(OC(C)=O)c1ccc(C)cc1.CC(=O)OI(OC(C)=O)c1ccc(C)cc1.Cc1ccc(I)cc1.Cc1ccc(S(=O)(=O)[O-])cc1.Cc1ccc([I+]c2cc(=O)[nH]c(=O)[nH]2)cc1.Cc1ccccc1.Cc1ccccc1.Cc1ccccc1.Cc1ccccc1.Cc1ccccc1.Cc1ccccc1.Ic1ccc(I)cc1.O=c1cc([18F])[nH]c(=O)[nH]1.O=c1cc[nH]c(=O)[nH]1.[18F-].[CH3-].[Li+]. The molecule has 0 spiro atoms. The summed E-state index contributed by atoms with van der Waals surface area (Å²) in [6.07, 6.45) is 1.29. The van der Waals surface area contributed by atoms with Crippen molar-refractivity contribution in [2.75, 3.05) is 0 Å². The third-order valence-corrected chi connectivity index (χ3v) is 28.3. The van der Waals surface area contributed by atoms with Gasteiger partial charge in [-0.15, -0.1) is 0 Å². The number of H-pyrrole nitrogens is 6. The van der Waals surface area contributed by atoms with Gasteiger partial charge in [0.1, 0.15) is 10.1 Å². The Hall–Kier alpha value is -10.7. The van der Waals surface area contributed by atoms with Crippen molar-refractivity contribution in [2.45, 2.75) is 109 Å². The number of benzene rings is 12. The molecular formula is C104H112F2I6LiN6O17S-. The van der Waals surface area contributed by atoms with Crippen molar-refractivity contribution in [3.05, 3.63) is 514 Å². The Morgan fingerprint density at radius 3 is 0.766 bits per heavy atom. The third-order valence-electron chi connectivity index (χ3n) is 15.2. The molecule has 0 unspecified atom stereocenters. The number of halogens is 8. The number of aryl methyl sites for hydroxylation is 11. The van der Waals surface area contributed by atoms with E-state index in [0.29, 0.717) is 6.07 Å². The maximum atomic E-state index is 12.0. The molecular weight excluding hydrogens is 2440 g/mol. The van der Waals surface area contributed by atoms with Gasteiger partial charge < -0.3 is 21.7 Å². The van der Waals surface area contributed by atoms with Gasteiger partial charge in [0.15, 0.2) is 3.57 Å².